The Hall–Kier alpha value is -1.55. The maximum atomic E-state index is 11.8. The van der Waals surface area contributed by atoms with Gasteiger partial charge in [0.2, 0.25) is 5.91 Å². The third kappa shape index (κ3) is 4.21. The quantitative estimate of drug-likeness (QED) is 0.617. The number of amides is 2. The van der Waals surface area contributed by atoms with Crippen LogP contribution in [0.5, 0.6) is 0 Å². The maximum absolute atomic E-state index is 11.8. The van der Waals surface area contributed by atoms with Crippen LogP contribution in [-0.2, 0) is 9.53 Å². The van der Waals surface area contributed by atoms with E-state index in [1.54, 1.807) is 10.9 Å². The van der Waals surface area contributed by atoms with Crippen molar-refractivity contribution in [1.29, 1.82) is 0 Å². The molecule has 0 aromatic carbocycles. The number of aromatic nitrogens is 1. The number of carbonyl (C=O) groups is 2. The number of rotatable bonds is 4. The summed E-state index contributed by atoms with van der Waals surface area (Å²) in [4.78, 5) is 28.8. The Kier molecular flexibility index (Phi) is 5.23. The van der Waals surface area contributed by atoms with Crippen LogP contribution in [0.15, 0.2) is 10.9 Å². The van der Waals surface area contributed by atoms with Gasteiger partial charge in [0.25, 0.3) is 5.91 Å². The lowest BCUT2D eigenvalue weighted by molar-refractivity contribution is -0.132. The summed E-state index contributed by atoms with van der Waals surface area (Å²) in [6, 6.07) is 0. The van der Waals surface area contributed by atoms with Crippen molar-refractivity contribution in [3.8, 4) is 0 Å². The molecule has 1 saturated heterocycles. The normalized spacial score (nSPS) is 22.7. The fourth-order valence-electron chi connectivity index (χ4n) is 2.03. The summed E-state index contributed by atoms with van der Waals surface area (Å²) in [6.07, 6.45) is 0. The van der Waals surface area contributed by atoms with Crippen LogP contribution in [-0.4, -0.2) is 71.8 Å². The molecule has 0 saturated carbocycles. The van der Waals surface area contributed by atoms with Crippen molar-refractivity contribution in [2.45, 2.75) is 5.60 Å². The lowest BCUT2D eigenvalue weighted by atomic mass is 10.0. The first-order chi connectivity index (χ1) is 10.0. The van der Waals surface area contributed by atoms with Crippen molar-refractivity contribution in [2.24, 2.45) is 5.73 Å². The summed E-state index contributed by atoms with van der Waals surface area (Å²) < 4.78 is 5.31. The van der Waals surface area contributed by atoms with Crippen molar-refractivity contribution in [3.63, 3.8) is 0 Å². The SMILES string of the molecule is NCC(=O)N1CCOC[C@@](O)(CNC(=O)c2cscn2)C1. The van der Waals surface area contributed by atoms with E-state index in [2.05, 4.69) is 10.3 Å². The Morgan fingerprint density at radius 2 is 2.43 bits per heavy atom. The average molecular weight is 314 g/mol. The molecule has 2 rings (SSSR count). The van der Waals surface area contributed by atoms with Gasteiger partial charge in [-0.1, -0.05) is 0 Å². The topological polar surface area (TPSA) is 118 Å². The Labute approximate surface area is 125 Å². The number of hydrogen-bond donors (Lipinski definition) is 3. The zero-order valence-corrected chi connectivity index (χ0v) is 12.3. The van der Waals surface area contributed by atoms with Crippen LogP contribution in [0, 0.1) is 0 Å². The molecule has 0 spiro atoms. The lowest BCUT2D eigenvalue weighted by Gasteiger charge is -2.30. The van der Waals surface area contributed by atoms with E-state index in [9.17, 15) is 14.7 Å². The maximum Gasteiger partial charge on any atom is 0.270 e. The third-order valence-corrected chi connectivity index (χ3v) is 3.72. The highest BCUT2D eigenvalue weighted by atomic mass is 32.1. The number of nitrogens with one attached hydrogen (secondary N) is 1. The van der Waals surface area contributed by atoms with Crippen molar-refractivity contribution in [3.05, 3.63) is 16.6 Å². The first-order valence-electron chi connectivity index (χ1n) is 6.48. The van der Waals surface area contributed by atoms with Crippen LogP contribution in [0.25, 0.3) is 0 Å². The number of hydrogen-bond acceptors (Lipinski definition) is 7. The van der Waals surface area contributed by atoms with E-state index in [0.717, 1.165) is 0 Å². The second-order valence-electron chi connectivity index (χ2n) is 4.85. The number of nitrogens with two attached hydrogens (primary N) is 1. The minimum Gasteiger partial charge on any atom is -0.384 e. The summed E-state index contributed by atoms with van der Waals surface area (Å²) >= 11 is 1.31. The minimum absolute atomic E-state index is 0.0300. The molecule has 1 aliphatic heterocycles. The van der Waals surface area contributed by atoms with Gasteiger partial charge < -0.3 is 25.8 Å². The Bertz CT molecular complexity index is 495. The van der Waals surface area contributed by atoms with Crippen molar-refractivity contribution < 1.29 is 19.4 Å². The molecule has 9 heteroatoms. The standard InChI is InChI=1S/C12H18N4O4S/c13-3-10(17)16-1-2-20-7-12(19,6-16)5-14-11(18)9-4-21-8-15-9/h4,8,19H,1-3,5-7,13H2,(H,14,18)/t12-/m1/s1. The summed E-state index contributed by atoms with van der Waals surface area (Å²) in [7, 11) is 0. The van der Waals surface area contributed by atoms with Gasteiger partial charge in [-0.15, -0.1) is 11.3 Å². The van der Waals surface area contributed by atoms with Gasteiger partial charge in [0.15, 0.2) is 0 Å². The van der Waals surface area contributed by atoms with E-state index in [1.807, 2.05) is 0 Å². The van der Waals surface area contributed by atoms with Crippen LogP contribution in [0.3, 0.4) is 0 Å². The third-order valence-electron chi connectivity index (χ3n) is 3.13. The molecule has 21 heavy (non-hydrogen) atoms. The van der Waals surface area contributed by atoms with Gasteiger partial charge in [-0.25, -0.2) is 4.98 Å². The lowest BCUT2D eigenvalue weighted by Crippen LogP contribution is -2.54. The molecular weight excluding hydrogens is 296 g/mol. The zero-order chi connectivity index (χ0) is 15.3. The van der Waals surface area contributed by atoms with Crippen molar-refractivity contribution >= 4 is 23.2 Å². The zero-order valence-electron chi connectivity index (χ0n) is 11.4. The predicted octanol–water partition coefficient (Wildman–Crippen LogP) is -1.58. The molecule has 4 N–H and O–H groups in total. The Balaban J connectivity index is 1.95. The summed E-state index contributed by atoms with van der Waals surface area (Å²) in [5.74, 6) is -0.629. The molecule has 116 valence electrons. The van der Waals surface area contributed by atoms with E-state index in [1.165, 1.54) is 16.2 Å². The Morgan fingerprint density at radius 3 is 3.10 bits per heavy atom. The minimum atomic E-state index is -1.34. The van der Waals surface area contributed by atoms with Crippen molar-refractivity contribution in [2.75, 3.05) is 39.4 Å². The predicted molar refractivity (Wildman–Crippen MR) is 75.9 cm³/mol. The van der Waals surface area contributed by atoms with Crippen molar-refractivity contribution in [1.82, 2.24) is 15.2 Å². The van der Waals surface area contributed by atoms with Gasteiger partial charge >= 0.3 is 0 Å². The van der Waals surface area contributed by atoms with Crippen LogP contribution in [0.2, 0.25) is 0 Å². The van der Waals surface area contributed by atoms with Gasteiger partial charge in [-0.2, -0.15) is 0 Å². The van der Waals surface area contributed by atoms with Crippen LogP contribution < -0.4 is 11.1 Å². The van der Waals surface area contributed by atoms with Gasteiger partial charge in [0.1, 0.15) is 11.3 Å². The van der Waals surface area contributed by atoms with Crippen LogP contribution in [0.4, 0.5) is 0 Å². The highest BCUT2D eigenvalue weighted by molar-refractivity contribution is 7.07. The number of ether oxygens (including phenoxy) is 1. The van der Waals surface area contributed by atoms with Gasteiger partial charge in [0, 0.05) is 11.9 Å². The number of carbonyl (C=O) groups excluding carboxylic acids is 2. The second-order valence-corrected chi connectivity index (χ2v) is 5.57. The summed E-state index contributed by atoms with van der Waals surface area (Å²) in [5.41, 5.74) is 5.85. The first kappa shape index (κ1) is 15.8. The molecule has 1 aliphatic rings. The fraction of sp³-hybridized carbons (Fsp3) is 0.583. The highest BCUT2D eigenvalue weighted by Gasteiger charge is 2.34. The molecule has 0 unspecified atom stereocenters. The highest BCUT2D eigenvalue weighted by Crippen LogP contribution is 2.12. The number of nitrogens with zero attached hydrogens (tertiary/aromatic N) is 2. The van der Waals surface area contributed by atoms with E-state index < -0.39 is 5.60 Å². The number of aliphatic hydroxyl groups is 1. The monoisotopic (exact) mass is 314 g/mol. The van der Waals surface area contributed by atoms with Gasteiger partial charge in [-0.05, 0) is 0 Å². The molecule has 8 nitrogen and oxygen atoms in total. The fourth-order valence-corrected chi connectivity index (χ4v) is 2.56. The van der Waals surface area contributed by atoms with E-state index >= 15 is 0 Å². The van der Waals surface area contributed by atoms with Crippen LogP contribution in [0.1, 0.15) is 10.5 Å². The molecule has 1 aromatic heterocycles. The second kappa shape index (κ2) is 6.94. The molecule has 2 heterocycles. The molecule has 1 fully saturated rings. The van der Waals surface area contributed by atoms with E-state index in [4.69, 9.17) is 10.5 Å². The molecule has 1 aromatic rings. The molecule has 1 atom stereocenters. The van der Waals surface area contributed by atoms with E-state index in [0.29, 0.717) is 18.8 Å². The van der Waals surface area contributed by atoms with Crippen LogP contribution >= 0.6 is 11.3 Å². The van der Waals surface area contributed by atoms with Gasteiger partial charge in [-0.3, -0.25) is 9.59 Å². The number of β-amino-alcohol motifs (C(OH)–C–C–N with tert-alkyl or cyclic N) is 1. The van der Waals surface area contributed by atoms with Gasteiger partial charge in [0.05, 0.1) is 38.4 Å². The average Bonchev–Trinajstić information content (AvgIpc) is 2.94. The largest absolute Gasteiger partial charge is 0.384 e. The summed E-state index contributed by atoms with van der Waals surface area (Å²) in [6.45, 7) is 0.657. The molecular formula is C12H18N4O4S. The van der Waals surface area contributed by atoms with E-state index in [-0.39, 0.29) is 38.1 Å². The molecule has 0 radical (unpaired) electrons. The smallest absolute Gasteiger partial charge is 0.270 e. The molecule has 0 bridgehead atoms. The number of thiazole rings is 1. The molecule has 0 aliphatic carbocycles. The summed E-state index contributed by atoms with van der Waals surface area (Å²) in [5, 5.41) is 14.7. The molecule has 2 amide bonds. The first-order valence-corrected chi connectivity index (χ1v) is 7.43. The Morgan fingerprint density at radius 1 is 1.62 bits per heavy atom.